The second kappa shape index (κ2) is 5.80. The van der Waals surface area contributed by atoms with Crippen molar-refractivity contribution >= 4 is 47.4 Å². The van der Waals surface area contributed by atoms with Crippen LogP contribution in [-0.4, -0.2) is 17.8 Å². The molecule has 1 heterocycles. The van der Waals surface area contributed by atoms with Crippen molar-refractivity contribution in [3.63, 3.8) is 0 Å². The number of hydrogen-bond acceptors (Lipinski definition) is 2. The fourth-order valence-electron chi connectivity index (χ4n) is 1.36. The first kappa shape index (κ1) is 15.1. The molecule has 2 aromatic rings. The average Bonchev–Trinajstić information content (AvgIpc) is 2.35. The molecular formula is C11H9BCl2F2N2. The van der Waals surface area contributed by atoms with E-state index in [9.17, 15) is 8.78 Å². The van der Waals surface area contributed by atoms with Gasteiger partial charge in [-0.15, -0.1) is 0 Å². The molecular weight excluding hydrogens is 280 g/mol. The van der Waals surface area contributed by atoms with E-state index in [4.69, 9.17) is 31.0 Å². The summed E-state index contributed by atoms with van der Waals surface area (Å²) in [5, 5.41) is -0.719. The third kappa shape index (κ3) is 2.42. The molecule has 0 aliphatic heterocycles. The molecule has 0 spiro atoms. The minimum absolute atomic E-state index is 0.0298. The molecule has 0 amide bonds. The van der Waals surface area contributed by atoms with Gasteiger partial charge in [-0.25, -0.2) is 18.7 Å². The molecule has 1 aromatic heterocycles. The van der Waals surface area contributed by atoms with Crippen molar-refractivity contribution in [2.75, 3.05) is 0 Å². The minimum atomic E-state index is -0.847. The molecule has 2 rings (SSSR count). The molecule has 0 saturated heterocycles. The topological polar surface area (TPSA) is 25.8 Å². The Hall–Kier alpha value is -0.935. The highest BCUT2D eigenvalue weighted by Gasteiger charge is 2.18. The van der Waals surface area contributed by atoms with Gasteiger partial charge in [0.2, 0.25) is 5.28 Å². The van der Waals surface area contributed by atoms with Gasteiger partial charge in [-0.2, -0.15) is 0 Å². The molecule has 0 saturated carbocycles. The highest BCUT2D eigenvalue weighted by atomic mass is 35.5. The number of halogens is 4. The molecule has 2 radical (unpaired) electrons. The predicted molar refractivity (Wildman–Crippen MR) is 70.9 cm³/mol. The Morgan fingerprint density at radius 2 is 1.61 bits per heavy atom. The lowest BCUT2D eigenvalue weighted by atomic mass is 9.89. The van der Waals surface area contributed by atoms with Gasteiger partial charge in [-0.3, -0.25) is 0 Å². The van der Waals surface area contributed by atoms with Gasteiger partial charge in [0.25, 0.3) is 0 Å². The lowest BCUT2D eigenvalue weighted by Crippen LogP contribution is -2.16. The van der Waals surface area contributed by atoms with Gasteiger partial charge >= 0.3 is 0 Å². The summed E-state index contributed by atoms with van der Waals surface area (Å²) in [4.78, 5) is 7.12. The number of benzene rings is 1. The largest absolute Gasteiger partial charge is 0.224 e. The number of nitrogens with zero attached hydrogens (tertiary/aromatic N) is 2. The van der Waals surface area contributed by atoms with E-state index in [0.29, 0.717) is 0 Å². The monoisotopic (exact) mass is 288 g/mol. The molecule has 0 unspecified atom stereocenters. The molecule has 18 heavy (non-hydrogen) atoms. The molecule has 0 N–H and O–H groups in total. The van der Waals surface area contributed by atoms with Crippen LogP contribution in [0.5, 0.6) is 0 Å². The number of fused-ring (bicyclic) bond motifs is 1. The van der Waals surface area contributed by atoms with Gasteiger partial charge in [-0.05, 0) is 24.1 Å². The van der Waals surface area contributed by atoms with Gasteiger partial charge in [0.1, 0.15) is 30.2 Å². The molecule has 7 heteroatoms. The highest BCUT2D eigenvalue weighted by Crippen LogP contribution is 2.27. The van der Waals surface area contributed by atoms with Crippen molar-refractivity contribution in [2.24, 2.45) is 0 Å². The van der Waals surface area contributed by atoms with E-state index in [1.807, 2.05) is 13.8 Å². The highest BCUT2D eigenvalue weighted by molar-refractivity contribution is 6.38. The summed E-state index contributed by atoms with van der Waals surface area (Å²) in [5.41, 5.74) is -0.653. The fourth-order valence-corrected chi connectivity index (χ4v) is 1.82. The number of hydrogen-bond donors (Lipinski definition) is 0. The van der Waals surface area contributed by atoms with E-state index in [0.717, 1.165) is 0 Å². The van der Waals surface area contributed by atoms with Crippen LogP contribution in [0, 0.1) is 18.6 Å². The Labute approximate surface area is 115 Å². The Bertz CT molecular complexity index is 606. The summed E-state index contributed by atoms with van der Waals surface area (Å²) in [6.45, 7) is 5.35. The van der Waals surface area contributed by atoms with E-state index >= 15 is 0 Å². The van der Waals surface area contributed by atoms with Crippen molar-refractivity contribution < 1.29 is 8.78 Å². The number of rotatable bonds is 0. The first-order chi connectivity index (χ1) is 8.43. The Balaban J connectivity index is 0.000000771. The fraction of sp³-hybridized carbons (Fsp3) is 0.273. The second-order valence-corrected chi connectivity index (χ2v) is 3.87. The third-order valence-electron chi connectivity index (χ3n) is 2.23. The van der Waals surface area contributed by atoms with Crippen LogP contribution in [-0.2, 0) is 0 Å². The maximum Gasteiger partial charge on any atom is 0.224 e. The van der Waals surface area contributed by atoms with Crippen molar-refractivity contribution in [3.8, 4) is 0 Å². The van der Waals surface area contributed by atoms with Crippen LogP contribution >= 0.6 is 23.2 Å². The van der Waals surface area contributed by atoms with Crippen LogP contribution < -0.4 is 5.46 Å². The minimum Gasteiger partial charge on any atom is -0.215 e. The van der Waals surface area contributed by atoms with Gasteiger partial charge in [-0.1, -0.05) is 30.9 Å². The molecule has 0 fully saturated rings. The van der Waals surface area contributed by atoms with Crippen molar-refractivity contribution in [1.82, 2.24) is 9.97 Å². The predicted octanol–water partition coefficient (Wildman–Crippen LogP) is 3.34. The van der Waals surface area contributed by atoms with Crippen molar-refractivity contribution in [1.29, 1.82) is 0 Å². The first-order valence-corrected chi connectivity index (χ1v) is 5.94. The van der Waals surface area contributed by atoms with Crippen molar-refractivity contribution in [3.05, 3.63) is 27.6 Å². The second-order valence-electron chi connectivity index (χ2n) is 3.17. The van der Waals surface area contributed by atoms with Gasteiger partial charge in [0, 0.05) is 0 Å². The van der Waals surface area contributed by atoms with Gasteiger partial charge in [0.05, 0.1) is 5.39 Å². The standard InChI is InChI=1S/C9H3BCl2F2N2.C2H6/c1-2-4(10)6(14)7-3(5(2)13)8(11)16-9(12)15-7;1-2/h1H3;1-2H3. The van der Waals surface area contributed by atoms with Crippen LogP contribution in [0.1, 0.15) is 19.4 Å². The first-order valence-electron chi connectivity index (χ1n) is 5.19. The summed E-state index contributed by atoms with van der Waals surface area (Å²) >= 11 is 11.2. The zero-order valence-corrected chi connectivity index (χ0v) is 11.5. The van der Waals surface area contributed by atoms with Crippen LogP contribution in [0.2, 0.25) is 10.4 Å². The van der Waals surface area contributed by atoms with E-state index < -0.39 is 11.6 Å². The average molecular weight is 289 g/mol. The molecule has 1 aromatic carbocycles. The van der Waals surface area contributed by atoms with Crippen LogP contribution in [0.15, 0.2) is 0 Å². The van der Waals surface area contributed by atoms with Crippen LogP contribution in [0.4, 0.5) is 8.78 Å². The summed E-state index contributed by atoms with van der Waals surface area (Å²) in [6.07, 6.45) is 0. The molecule has 94 valence electrons. The quantitative estimate of drug-likeness (QED) is 0.422. The zero-order valence-electron chi connectivity index (χ0n) is 9.98. The van der Waals surface area contributed by atoms with E-state index in [-0.39, 0.29) is 32.4 Å². The van der Waals surface area contributed by atoms with Crippen LogP contribution in [0.25, 0.3) is 10.9 Å². The molecule has 0 atom stereocenters. The maximum absolute atomic E-state index is 13.8. The van der Waals surface area contributed by atoms with Gasteiger partial charge in [0.15, 0.2) is 0 Å². The summed E-state index contributed by atoms with van der Waals surface area (Å²) in [7, 11) is 5.39. The Morgan fingerprint density at radius 1 is 1.06 bits per heavy atom. The SMILES string of the molecule is CC.[B]c1c(C)c(F)c2c(Cl)nc(Cl)nc2c1F. The maximum atomic E-state index is 13.8. The zero-order chi connectivity index (χ0) is 14.0. The smallest absolute Gasteiger partial charge is 0.215 e. The third-order valence-corrected chi connectivity index (χ3v) is 2.68. The molecule has 0 aliphatic rings. The number of aromatic nitrogens is 2. The van der Waals surface area contributed by atoms with Crippen molar-refractivity contribution in [2.45, 2.75) is 20.8 Å². The molecule has 0 aliphatic carbocycles. The lowest BCUT2D eigenvalue weighted by Gasteiger charge is -2.09. The molecule has 0 bridgehead atoms. The normalized spacial score (nSPS) is 10.2. The summed E-state index contributed by atoms with van der Waals surface area (Å²) in [6, 6.07) is 0. The Morgan fingerprint density at radius 3 is 2.17 bits per heavy atom. The Kier molecular flexibility index (Phi) is 4.88. The van der Waals surface area contributed by atoms with Gasteiger partial charge < -0.3 is 0 Å². The summed E-state index contributed by atoms with van der Waals surface area (Å²) < 4.78 is 27.5. The van der Waals surface area contributed by atoms with E-state index in [2.05, 4.69) is 9.97 Å². The lowest BCUT2D eigenvalue weighted by molar-refractivity contribution is 0.614. The van der Waals surface area contributed by atoms with E-state index in [1.165, 1.54) is 6.92 Å². The molecule has 2 nitrogen and oxygen atoms in total. The summed E-state index contributed by atoms with van der Waals surface area (Å²) in [5.74, 6) is -1.59. The van der Waals surface area contributed by atoms with E-state index in [1.54, 1.807) is 0 Å². The van der Waals surface area contributed by atoms with Crippen LogP contribution in [0.3, 0.4) is 0 Å².